The van der Waals surface area contributed by atoms with Gasteiger partial charge in [-0.3, -0.25) is 5.10 Å². The summed E-state index contributed by atoms with van der Waals surface area (Å²) in [6.45, 7) is 1.42. The highest BCUT2D eigenvalue weighted by Gasteiger charge is 2.15. The van der Waals surface area contributed by atoms with Crippen LogP contribution in [0.1, 0.15) is 0 Å². The molecule has 4 aromatic rings. The topological polar surface area (TPSA) is 106 Å². The number of anilines is 3. The molecule has 0 amide bonds. The lowest BCUT2D eigenvalue weighted by Crippen LogP contribution is -2.17. The van der Waals surface area contributed by atoms with Crippen LogP contribution in [0, 0.1) is 0 Å². The lowest BCUT2D eigenvalue weighted by molar-refractivity contribution is 0.323. The van der Waals surface area contributed by atoms with Crippen molar-refractivity contribution in [3.05, 3.63) is 42.6 Å². The molecule has 0 saturated carbocycles. The third-order valence-corrected chi connectivity index (χ3v) is 4.86. The second-order valence-corrected chi connectivity index (χ2v) is 6.71. The number of rotatable bonds is 5. The van der Waals surface area contributed by atoms with Gasteiger partial charge in [0.05, 0.1) is 26.1 Å². The smallest absolute Gasteiger partial charge is 0.162 e. The van der Waals surface area contributed by atoms with Crippen molar-refractivity contribution in [2.45, 2.75) is 0 Å². The van der Waals surface area contributed by atoms with E-state index in [9.17, 15) is 0 Å². The minimum absolute atomic E-state index is 0.585. The van der Waals surface area contributed by atoms with Crippen LogP contribution >= 0.6 is 0 Å². The predicted octanol–water partition coefficient (Wildman–Crippen LogP) is 3.59. The lowest BCUT2D eigenvalue weighted by atomic mass is 10.1. The second-order valence-electron chi connectivity index (χ2n) is 6.71. The van der Waals surface area contributed by atoms with E-state index < -0.39 is 0 Å². The fourth-order valence-corrected chi connectivity index (χ4v) is 3.39. The molecule has 0 saturated heterocycles. The van der Waals surface area contributed by atoms with Gasteiger partial charge >= 0.3 is 0 Å². The average Bonchev–Trinajstić information content (AvgIpc) is 3.27. The first-order chi connectivity index (χ1) is 14.7. The maximum Gasteiger partial charge on any atom is 0.162 e. The number of hydrogen-bond donors (Lipinski definition) is 3. The normalized spacial score (nSPS) is 12.6. The highest BCUT2D eigenvalue weighted by atomic mass is 16.5. The first-order valence-corrected chi connectivity index (χ1v) is 9.46. The summed E-state index contributed by atoms with van der Waals surface area (Å²) >= 11 is 0. The second kappa shape index (κ2) is 7.43. The molecule has 3 N–H and O–H groups in total. The van der Waals surface area contributed by atoms with Gasteiger partial charge in [-0.15, -0.1) is 0 Å². The van der Waals surface area contributed by atoms with Crippen LogP contribution in [0.25, 0.3) is 22.4 Å². The zero-order valence-corrected chi connectivity index (χ0v) is 16.5. The number of nitrogens with zero attached hydrogens (tertiary/aromatic N) is 3. The standard InChI is InChI=1S/C21H20N6O3/c1-28-17-6-4-13(10-18(17)29-2)24-21-19-15(11-23-27-19)25-20(26-21)12-3-5-16-14(9-12)22-7-8-30-16/h3-6,9-11,22H,7-8H2,1-2H3,(H,23,27)(H,24,25,26). The zero-order valence-electron chi connectivity index (χ0n) is 16.5. The molecule has 0 bridgehead atoms. The highest BCUT2D eigenvalue weighted by molar-refractivity contribution is 5.89. The summed E-state index contributed by atoms with van der Waals surface area (Å²) < 4.78 is 16.4. The zero-order chi connectivity index (χ0) is 20.5. The minimum atomic E-state index is 0.585. The van der Waals surface area contributed by atoms with Gasteiger partial charge in [-0.1, -0.05) is 0 Å². The van der Waals surface area contributed by atoms with Crippen LogP contribution < -0.4 is 24.8 Å². The van der Waals surface area contributed by atoms with Crippen LogP contribution in [-0.4, -0.2) is 47.5 Å². The Balaban J connectivity index is 1.55. The fraction of sp³-hybridized carbons (Fsp3) is 0.190. The summed E-state index contributed by atoms with van der Waals surface area (Å²) in [4.78, 5) is 9.41. The van der Waals surface area contributed by atoms with E-state index in [1.54, 1.807) is 20.4 Å². The molecular formula is C21H20N6O3. The van der Waals surface area contributed by atoms with Crippen LogP contribution in [0.5, 0.6) is 17.2 Å². The number of aromatic nitrogens is 4. The maximum atomic E-state index is 5.66. The van der Waals surface area contributed by atoms with Gasteiger partial charge in [-0.25, -0.2) is 9.97 Å². The Morgan fingerprint density at radius 3 is 2.80 bits per heavy atom. The Kier molecular flexibility index (Phi) is 4.47. The summed E-state index contributed by atoms with van der Waals surface area (Å²) in [6, 6.07) is 11.5. The van der Waals surface area contributed by atoms with E-state index in [1.165, 1.54) is 0 Å². The number of hydrogen-bond acceptors (Lipinski definition) is 8. The monoisotopic (exact) mass is 404 g/mol. The SMILES string of the molecule is COc1ccc(Nc2nc(-c3ccc4c(c3)NCCO4)nc3cn[nH]c23)cc1OC. The molecule has 5 rings (SSSR count). The molecule has 152 valence electrons. The van der Waals surface area contributed by atoms with Gasteiger partial charge < -0.3 is 24.8 Å². The van der Waals surface area contributed by atoms with E-state index in [0.717, 1.165) is 29.2 Å². The summed E-state index contributed by atoms with van der Waals surface area (Å²) in [5, 5.41) is 13.8. The van der Waals surface area contributed by atoms with E-state index in [2.05, 4.69) is 25.8 Å². The molecule has 0 unspecified atom stereocenters. The maximum absolute atomic E-state index is 5.66. The highest BCUT2D eigenvalue weighted by Crippen LogP contribution is 2.34. The van der Waals surface area contributed by atoms with E-state index >= 15 is 0 Å². The van der Waals surface area contributed by atoms with Crippen LogP contribution in [0.2, 0.25) is 0 Å². The van der Waals surface area contributed by atoms with Crippen molar-refractivity contribution in [1.29, 1.82) is 0 Å². The van der Waals surface area contributed by atoms with Gasteiger partial charge in [0, 0.05) is 23.9 Å². The minimum Gasteiger partial charge on any atom is -0.493 e. The molecule has 9 nitrogen and oxygen atoms in total. The fourth-order valence-electron chi connectivity index (χ4n) is 3.39. The molecule has 1 aliphatic heterocycles. The molecule has 30 heavy (non-hydrogen) atoms. The Hall–Kier alpha value is -4.01. The van der Waals surface area contributed by atoms with Gasteiger partial charge in [-0.05, 0) is 30.3 Å². The average molecular weight is 404 g/mol. The molecule has 9 heteroatoms. The van der Waals surface area contributed by atoms with Gasteiger partial charge in [0.2, 0.25) is 0 Å². The van der Waals surface area contributed by atoms with Gasteiger partial charge in [-0.2, -0.15) is 5.10 Å². The quantitative estimate of drug-likeness (QED) is 0.463. The molecule has 2 aromatic heterocycles. The molecule has 1 aliphatic rings. The Morgan fingerprint density at radius 2 is 1.93 bits per heavy atom. The van der Waals surface area contributed by atoms with Crippen molar-refractivity contribution in [2.75, 3.05) is 38.0 Å². The number of nitrogens with one attached hydrogen (secondary N) is 3. The summed E-state index contributed by atoms with van der Waals surface area (Å²) in [5.74, 6) is 3.31. The third kappa shape index (κ3) is 3.20. The first-order valence-electron chi connectivity index (χ1n) is 9.46. The van der Waals surface area contributed by atoms with Crippen LogP contribution in [0.15, 0.2) is 42.6 Å². The van der Waals surface area contributed by atoms with Crippen molar-refractivity contribution in [3.8, 4) is 28.6 Å². The number of H-pyrrole nitrogens is 1. The van der Waals surface area contributed by atoms with Crippen molar-refractivity contribution in [1.82, 2.24) is 20.2 Å². The summed E-state index contributed by atoms with van der Waals surface area (Å²) in [7, 11) is 3.21. The molecule has 0 atom stereocenters. The number of methoxy groups -OCH3 is 2. The van der Waals surface area contributed by atoms with E-state index in [0.29, 0.717) is 40.8 Å². The number of aromatic amines is 1. The van der Waals surface area contributed by atoms with Crippen molar-refractivity contribution in [3.63, 3.8) is 0 Å². The molecule has 0 radical (unpaired) electrons. The molecule has 2 aromatic carbocycles. The third-order valence-electron chi connectivity index (χ3n) is 4.86. The Morgan fingerprint density at radius 1 is 1.03 bits per heavy atom. The Bertz CT molecular complexity index is 1220. The molecule has 0 aliphatic carbocycles. The van der Waals surface area contributed by atoms with Crippen molar-refractivity contribution < 1.29 is 14.2 Å². The first kappa shape index (κ1) is 18.0. The lowest BCUT2D eigenvalue weighted by Gasteiger charge is -2.19. The summed E-state index contributed by atoms with van der Waals surface area (Å²) in [5.41, 5.74) is 4.04. The predicted molar refractivity (Wildman–Crippen MR) is 114 cm³/mol. The van der Waals surface area contributed by atoms with Gasteiger partial charge in [0.25, 0.3) is 0 Å². The van der Waals surface area contributed by atoms with Crippen molar-refractivity contribution in [2.24, 2.45) is 0 Å². The van der Waals surface area contributed by atoms with E-state index in [1.807, 2.05) is 36.4 Å². The summed E-state index contributed by atoms with van der Waals surface area (Å²) in [6.07, 6.45) is 1.68. The molecule has 0 spiro atoms. The molecular weight excluding hydrogens is 384 g/mol. The Labute approximate surface area is 172 Å². The van der Waals surface area contributed by atoms with Gasteiger partial charge in [0.1, 0.15) is 23.4 Å². The molecule has 3 heterocycles. The van der Waals surface area contributed by atoms with E-state index in [-0.39, 0.29) is 0 Å². The van der Waals surface area contributed by atoms with Crippen LogP contribution in [0.3, 0.4) is 0 Å². The van der Waals surface area contributed by atoms with Crippen LogP contribution in [-0.2, 0) is 0 Å². The van der Waals surface area contributed by atoms with Crippen LogP contribution in [0.4, 0.5) is 17.2 Å². The molecule has 0 fully saturated rings. The van der Waals surface area contributed by atoms with Crippen molar-refractivity contribution >= 4 is 28.2 Å². The largest absolute Gasteiger partial charge is 0.493 e. The number of fused-ring (bicyclic) bond motifs is 2. The number of benzene rings is 2. The van der Waals surface area contributed by atoms with E-state index in [4.69, 9.17) is 19.2 Å². The van der Waals surface area contributed by atoms with Gasteiger partial charge in [0.15, 0.2) is 23.1 Å². The number of ether oxygens (including phenoxy) is 3.